The molecule has 0 unspecified atom stereocenters. The summed E-state index contributed by atoms with van der Waals surface area (Å²) in [7, 11) is -5.45. The Bertz CT molecular complexity index is 1160. The van der Waals surface area contributed by atoms with Crippen molar-refractivity contribution in [2.75, 3.05) is 0 Å². The van der Waals surface area contributed by atoms with Gasteiger partial charge >= 0.3 is 15.5 Å². The Kier molecular flexibility index (Phi) is 4.66. The Labute approximate surface area is 166 Å². The van der Waals surface area contributed by atoms with Gasteiger partial charge in [0.1, 0.15) is 0 Å². The zero-order valence-electron chi connectivity index (χ0n) is 14.9. The highest BCUT2D eigenvalue weighted by atomic mass is 32.2. The second kappa shape index (κ2) is 7.04. The average molecular weight is 416 g/mol. The van der Waals surface area contributed by atoms with Crippen molar-refractivity contribution in [3.63, 3.8) is 0 Å². The molecule has 0 radical (unpaired) electrons. The average Bonchev–Trinajstić information content (AvgIpc) is 2.89. The van der Waals surface area contributed by atoms with E-state index in [1.54, 1.807) is 6.20 Å². The molecule has 1 aliphatic heterocycles. The van der Waals surface area contributed by atoms with Crippen molar-refractivity contribution >= 4 is 10.0 Å². The summed E-state index contributed by atoms with van der Waals surface area (Å²) in [5.74, 6) is -0.378. The number of hydrogen-bond acceptors (Lipinski definition) is 3. The van der Waals surface area contributed by atoms with Crippen molar-refractivity contribution in [2.45, 2.75) is 11.4 Å². The standard InChI is InChI=1S/C21H15F3N2O2S/c22-21(23,24)29(27,28)26-12-9-15(10-13-26)18-14-19(20-8-4-5-11-25-20)17-7-3-1-2-6-16(17)18/h1-15H. The van der Waals surface area contributed by atoms with Crippen molar-refractivity contribution in [3.05, 3.63) is 90.9 Å². The van der Waals surface area contributed by atoms with Gasteiger partial charge in [-0.2, -0.15) is 21.6 Å². The lowest BCUT2D eigenvalue weighted by Crippen LogP contribution is -2.35. The number of alkyl halides is 3. The van der Waals surface area contributed by atoms with Crippen LogP contribution >= 0.6 is 0 Å². The highest BCUT2D eigenvalue weighted by Crippen LogP contribution is 2.42. The molecule has 0 saturated carbocycles. The molecule has 0 amide bonds. The van der Waals surface area contributed by atoms with E-state index in [0.29, 0.717) is 0 Å². The Morgan fingerprint density at radius 1 is 0.862 bits per heavy atom. The van der Waals surface area contributed by atoms with Gasteiger partial charge in [0.25, 0.3) is 0 Å². The molecule has 148 valence electrons. The lowest BCUT2D eigenvalue weighted by Gasteiger charge is -2.22. The predicted octanol–water partition coefficient (Wildman–Crippen LogP) is 5.13. The molecule has 4 nitrogen and oxygen atoms in total. The summed E-state index contributed by atoms with van der Waals surface area (Å²) in [6.45, 7) is 0. The highest BCUT2D eigenvalue weighted by Gasteiger charge is 2.49. The van der Waals surface area contributed by atoms with Gasteiger partial charge in [-0.05, 0) is 34.9 Å². The molecular weight excluding hydrogens is 401 g/mol. The van der Waals surface area contributed by atoms with Gasteiger partial charge in [0.15, 0.2) is 0 Å². The molecule has 0 atom stereocenters. The van der Waals surface area contributed by atoms with E-state index in [2.05, 4.69) is 4.98 Å². The topological polar surface area (TPSA) is 50.3 Å². The van der Waals surface area contributed by atoms with Gasteiger partial charge in [-0.25, -0.2) is 4.31 Å². The summed E-state index contributed by atoms with van der Waals surface area (Å²) < 4.78 is 61.7. The van der Waals surface area contributed by atoms with Gasteiger partial charge in [0, 0.05) is 30.1 Å². The quantitative estimate of drug-likeness (QED) is 0.595. The SMILES string of the molecule is O=S(=O)(N1C=CC(c2cc(-c3ccccn3)c3cccccc2-3)C=C1)C(F)(F)F. The molecule has 29 heavy (non-hydrogen) atoms. The van der Waals surface area contributed by atoms with E-state index in [4.69, 9.17) is 0 Å². The van der Waals surface area contributed by atoms with Crippen LogP contribution in [-0.4, -0.2) is 23.2 Å². The lowest BCUT2D eigenvalue weighted by molar-refractivity contribution is -0.0468. The molecule has 3 aliphatic rings. The summed E-state index contributed by atoms with van der Waals surface area (Å²) in [5, 5.41) is 0. The molecule has 1 aromatic rings. The molecule has 0 spiro atoms. The van der Waals surface area contributed by atoms with Crippen LogP contribution in [-0.2, 0) is 10.0 Å². The first-order valence-electron chi connectivity index (χ1n) is 8.68. The largest absolute Gasteiger partial charge is 0.517 e. The van der Waals surface area contributed by atoms with Crippen molar-refractivity contribution < 1.29 is 21.6 Å². The minimum Gasteiger partial charge on any atom is -0.256 e. The Balaban J connectivity index is 1.75. The van der Waals surface area contributed by atoms with Gasteiger partial charge in [-0.1, -0.05) is 48.6 Å². The number of aromatic nitrogens is 1. The number of allylic oxidation sites excluding steroid dienone is 2. The molecule has 0 fully saturated rings. The molecule has 0 N–H and O–H groups in total. The van der Waals surface area contributed by atoms with Crippen LogP contribution in [0.25, 0.3) is 22.4 Å². The fourth-order valence-electron chi connectivity index (χ4n) is 3.31. The van der Waals surface area contributed by atoms with Crippen LogP contribution in [0.1, 0.15) is 11.5 Å². The van der Waals surface area contributed by atoms with Gasteiger partial charge in [0.2, 0.25) is 0 Å². The fourth-order valence-corrected chi connectivity index (χ4v) is 4.01. The van der Waals surface area contributed by atoms with Gasteiger partial charge in [-0.15, -0.1) is 0 Å². The van der Waals surface area contributed by atoms with Crippen LogP contribution < -0.4 is 0 Å². The number of fused-ring (bicyclic) bond motifs is 1. The zero-order valence-corrected chi connectivity index (χ0v) is 15.7. The molecule has 8 heteroatoms. The number of halogens is 3. The summed E-state index contributed by atoms with van der Waals surface area (Å²) >= 11 is 0. The predicted molar refractivity (Wildman–Crippen MR) is 104 cm³/mol. The third kappa shape index (κ3) is 3.40. The zero-order chi connectivity index (χ0) is 20.6. The van der Waals surface area contributed by atoms with Crippen LogP contribution in [0, 0.1) is 0 Å². The lowest BCUT2D eigenvalue weighted by atomic mass is 9.96. The first-order chi connectivity index (χ1) is 13.8. The van der Waals surface area contributed by atoms with Crippen LogP contribution in [0.3, 0.4) is 0 Å². The first kappa shape index (κ1) is 19.2. The third-order valence-electron chi connectivity index (χ3n) is 4.69. The maximum absolute atomic E-state index is 12.8. The van der Waals surface area contributed by atoms with E-state index in [0.717, 1.165) is 40.3 Å². The number of rotatable bonds is 3. The monoisotopic (exact) mass is 416 g/mol. The van der Waals surface area contributed by atoms with Gasteiger partial charge in [0.05, 0.1) is 5.69 Å². The minimum absolute atomic E-state index is 0.189. The van der Waals surface area contributed by atoms with Gasteiger partial charge in [-0.3, -0.25) is 4.98 Å². The fraction of sp³-hybridized carbons (Fsp3) is 0.0952. The molecule has 0 saturated heterocycles. The van der Waals surface area contributed by atoms with E-state index in [9.17, 15) is 21.6 Å². The van der Waals surface area contributed by atoms with Crippen LogP contribution in [0.5, 0.6) is 0 Å². The smallest absolute Gasteiger partial charge is 0.256 e. The van der Waals surface area contributed by atoms with E-state index in [-0.39, 0.29) is 10.2 Å². The van der Waals surface area contributed by atoms with Crippen LogP contribution in [0.15, 0.2) is 85.3 Å². The Morgan fingerprint density at radius 2 is 1.52 bits per heavy atom. The normalized spacial score (nSPS) is 15.2. The van der Waals surface area contributed by atoms with Crippen molar-refractivity contribution in [3.8, 4) is 22.4 Å². The van der Waals surface area contributed by atoms with E-state index >= 15 is 0 Å². The third-order valence-corrected chi connectivity index (χ3v) is 6.07. The second-order valence-corrected chi connectivity index (χ2v) is 8.29. The Morgan fingerprint density at radius 3 is 2.14 bits per heavy atom. The Hall–Kier alpha value is -3.13. The number of pyridine rings is 1. The minimum atomic E-state index is -5.45. The maximum atomic E-state index is 12.8. The summed E-state index contributed by atoms with van der Waals surface area (Å²) in [4.78, 5) is 4.40. The maximum Gasteiger partial charge on any atom is 0.517 e. The van der Waals surface area contributed by atoms with E-state index in [1.807, 2.05) is 54.6 Å². The number of sulfonamides is 1. The van der Waals surface area contributed by atoms with Gasteiger partial charge < -0.3 is 0 Å². The molecule has 0 aromatic carbocycles. The van der Waals surface area contributed by atoms with E-state index in [1.165, 1.54) is 12.2 Å². The number of nitrogens with zero attached hydrogens (tertiary/aromatic N) is 2. The molecule has 0 bridgehead atoms. The highest BCUT2D eigenvalue weighted by molar-refractivity contribution is 7.90. The van der Waals surface area contributed by atoms with E-state index < -0.39 is 15.5 Å². The van der Waals surface area contributed by atoms with Crippen molar-refractivity contribution in [1.29, 1.82) is 0 Å². The van der Waals surface area contributed by atoms with Crippen molar-refractivity contribution in [1.82, 2.24) is 9.29 Å². The van der Waals surface area contributed by atoms with Crippen molar-refractivity contribution in [2.24, 2.45) is 0 Å². The first-order valence-corrected chi connectivity index (χ1v) is 10.1. The summed E-state index contributed by atoms with van der Waals surface area (Å²) in [5.41, 5.74) is -0.952. The molecule has 2 heterocycles. The van der Waals surface area contributed by atoms with Crippen LogP contribution in [0.4, 0.5) is 13.2 Å². The molecule has 4 rings (SSSR count). The number of hydrogen-bond donors (Lipinski definition) is 0. The summed E-state index contributed by atoms with van der Waals surface area (Å²) in [6.07, 6.45) is 6.45. The molecule has 2 aliphatic carbocycles. The molecule has 1 aromatic heterocycles. The second-order valence-electron chi connectivity index (χ2n) is 6.46. The molecular formula is C21H15F3N2O2S. The van der Waals surface area contributed by atoms with Crippen LogP contribution in [0.2, 0.25) is 0 Å². The summed E-state index contributed by atoms with van der Waals surface area (Å²) in [6, 6.07) is 17.1.